The monoisotopic (exact) mass is 242 g/mol. The smallest absolute Gasteiger partial charge is 0.355 e. The highest BCUT2D eigenvalue weighted by Crippen LogP contribution is 2.30. The minimum absolute atomic E-state index is 0.0138. The van der Waals surface area contributed by atoms with Crippen molar-refractivity contribution >= 4 is 22.4 Å². The van der Waals surface area contributed by atoms with Gasteiger partial charge in [-0.3, -0.25) is 0 Å². The molecule has 0 aliphatic carbocycles. The third-order valence-electron chi connectivity index (χ3n) is 3.05. The van der Waals surface area contributed by atoms with Crippen LogP contribution in [-0.4, -0.2) is 28.6 Å². The first-order valence-electron chi connectivity index (χ1n) is 5.24. The SMILES string of the molecule is CCC(C)(C)N(C)c1nc(C(=O)O)c(C)s1. The van der Waals surface area contributed by atoms with E-state index < -0.39 is 5.97 Å². The average Bonchev–Trinajstić information content (AvgIpc) is 2.59. The van der Waals surface area contributed by atoms with Crippen LogP contribution in [0.4, 0.5) is 5.13 Å². The van der Waals surface area contributed by atoms with E-state index in [4.69, 9.17) is 5.11 Å². The van der Waals surface area contributed by atoms with Crippen molar-refractivity contribution in [3.05, 3.63) is 10.6 Å². The van der Waals surface area contributed by atoms with Crippen molar-refractivity contribution in [1.29, 1.82) is 0 Å². The lowest BCUT2D eigenvalue weighted by molar-refractivity contribution is 0.0690. The molecule has 0 atom stereocenters. The van der Waals surface area contributed by atoms with Crippen molar-refractivity contribution in [2.45, 2.75) is 39.7 Å². The molecule has 0 radical (unpaired) electrons. The summed E-state index contributed by atoms with van der Waals surface area (Å²) in [6.45, 7) is 8.13. The van der Waals surface area contributed by atoms with Gasteiger partial charge in [0, 0.05) is 17.5 Å². The number of nitrogens with zero attached hydrogens (tertiary/aromatic N) is 2. The van der Waals surface area contributed by atoms with Gasteiger partial charge < -0.3 is 10.0 Å². The minimum Gasteiger partial charge on any atom is -0.476 e. The Morgan fingerprint density at radius 3 is 2.50 bits per heavy atom. The molecule has 4 nitrogen and oxygen atoms in total. The largest absolute Gasteiger partial charge is 0.476 e. The molecule has 1 aromatic rings. The Bertz CT molecular complexity index is 399. The maximum atomic E-state index is 10.9. The Hall–Kier alpha value is -1.10. The van der Waals surface area contributed by atoms with Crippen LogP contribution in [0.25, 0.3) is 0 Å². The zero-order valence-corrected chi connectivity index (χ0v) is 11.2. The van der Waals surface area contributed by atoms with Crippen LogP contribution in [0.2, 0.25) is 0 Å². The van der Waals surface area contributed by atoms with Gasteiger partial charge in [0.2, 0.25) is 0 Å². The summed E-state index contributed by atoms with van der Waals surface area (Å²) in [6.07, 6.45) is 0.977. The maximum absolute atomic E-state index is 10.9. The van der Waals surface area contributed by atoms with Crippen LogP contribution in [0.3, 0.4) is 0 Å². The zero-order chi connectivity index (χ0) is 12.5. The normalized spacial score (nSPS) is 11.6. The van der Waals surface area contributed by atoms with E-state index in [1.54, 1.807) is 6.92 Å². The molecule has 0 saturated carbocycles. The molecule has 1 aromatic heterocycles. The van der Waals surface area contributed by atoms with Gasteiger partial charge in [-0.15, -0.1) is 11.3 Å². The highest BCUT2D eigenvalue weighted by molar-refractivity contribution is 7.15. The molecule has 0 fully saturated rings. The molecule has 0 aliphatic rings. The molecule has 1 N–H and O–H groups in total. The highest BCUT2D eigenvalue weighted by Gasteiger charge is 2.25. The van der Waals surface area contributed by atoms with Crippen LogP contribution in [0.1, 0.15) is 42.6 Å². The van der Waals surface area contributed by atoms with E-state index in [1.165, 1.54) is 11.3 Å². The zero-order valence-electron chi connectivity index (χ0n) is 10.4. The molecule has 0 unspecified atom stereocenters. The lowest BCUT2D eigenvalue weighted by Crippen LogP contribution is -2.40. The predicted molar refractivity (Wildman–Crippen MR) is 66.6 cm³/mol. The van der Waals surface area contributed by atoms with Gasteiger partial charge in [-0.25, -0.2) is 9.78 Å². The number of aromatic carboxylic acids is 1. The van der Waals surface area contributed by atoms with E-state index in [1.807, 2.05) is 11.9 Å². The molecule has 0 saturated heterocycles. The van der Waals surface area contributed by atoms with Crippen LogP contribution >= 0.6 is 11.3 Å². The summed E-state index contributed by atoms with van der Waals surface area (Å²) < 4.78 is 0. The number of carbonyl (C=O) groups is 1. The van der Waals surface area contributed by atoms with Crippen molar-refractivity contribution in [1.82, 2.24) is 4.98 Å². The number of aryl methyl sites for hydroxylation is 1. The van der Waals surface area contributed by atoms with Crippen LogP contribution in [0, 0.1) is 6.92 Å². The van der Waals surface area contributed by atoms with E-state index in [9.17, 15) is 4.79 Å². The maximum Gasteiger partial charge on any atom is 0.355 e. The van der Waals surface area contributed by atoms with Gasteiger partial charge in [-0.1, -0.05) is 6.92 Å². The molecule has 90 valence electrons. The lowest BCUT2D eigenvalue weighted by atomic mass is 10.0. The molecule has 1 heterocycles. The summed E-state index contributed by atoms with van der Waals surface area (Å²) >= 11 is 1.43. The topological polar surface area (TPSA) is 53.4 Å². The Morgan fingerprint density at radius 1 is 1.56 bits per heavy atom. The van der Waals surface area contributed by atoms with Crippen molar-refractivity contribution in [2.75, 3.05) is 11.9 Å². The molecule has 0 aliphatic heterocycles. The summed E-state index contributed by atoms with van der Waals surface area (Å²) in [7, 11) is 1.95. The van der Waals surface area contributed by atoms with Gasteiger partial charge in [-0.2, -0.15) is 0 Å². The number of aromatic nitrogens is 1. The van der Waals surface area contributed by atoms with E-state index in [0.717, 1.165) is 16.4 Å². The summed E-state index contributed by atoms with van der Waals surface area (Å²) in [5, 5.41) is 9.71. The molecule has 0 spiro atoms. The summed E-state index contributed by atoms with van der Waals surface area (Å²) in [6, 6.07) is 0. The Kier molecular flexibility index (Phi) is 3.57. The lowest BCUT2D eigenvalue weighted by Gasteiger charge is -2.34. The van der Waals surface area contributed by atoms with Gasteiger partial charge in [0.15, 0.2) is 10.8 Å². The summed E-state index contributed by atoms with van der Waals surface area (Å²) in [5.41, 5.74) is 0.152. The molecule has 1 rings (SSSR count). The fraction of sp³-hybridized carbons (Fsp3) is 0.636. The third-order valence-corrected chi connectivity index (χ3v) is 4.10. The Morgan fingerprint density at radius 2 is 2.12 bits per heavy atom. The molecule has 0 aromatic carbocycles. The minimum atomic E-state index is -0.956. The van der Waals surface area contributed by atoms with Crippen molar-refractivity contribution < 1.29 is 9.90 Å². The molecular formula is C11H18N2O2S. The quantitative estimate of drug-likeness (QED) is 0.882. The summed E-state index contributed by atoms with van der Waals surface area (Å²) in [5.74, 6) is -0.956. The van der Waals surface area contributed by atoms with E-state index >= 15 is 0 Å². The fourth-order valence-electron chi connectivity index (χ4n) is 1.22. The summed E-state index contributed by atoms with van der Waals surface area (Å²) in [4.78, 5) is 17.9. The van der Waals surface area contributed by atoms with Crippen molar-refractivity contribution in [3.63, 3.8) is 0 Å². The number of anilines is 1. The van der Waals surface area contributed by atoms with Crippen LogP contribution in [0.5, 0.6) is 0 Å². The second-order valence-electron chi connectivity index (χ2n) is 4.43. The first-order valence-corrected chi connectivity index (χ1v) is 6.05. The van der Waals surface area contributed by atoms with Crippen LogP contribution < -0.4 is 4.90 Å². The fourth-order valence-corrected chi connectivity index (χ4v) is 2.24. The Labute approximate surface area is 99.9 Å². The number of hydrogen-bond donors (Lipinski definition) is 1. The van der Waals surface area contributed by atoms with E-state index in [2.05, 4.69) is 25.8 Å². The van der Waals surface area contributed by atoms with Gasteiger partial charge >= 0.3 is 5.97 Å². The van der Waals surface area contributed by atoms with Crippen LogP contribution in [-0.2, 0) is 0 Å². The molecular weight excluding hydrogens is 224 g/mol. The molecule has 16 heavy (non-hydrogen) atoms. The number of thiazole rings is 1. The van der Waals surface area contributed by atoms with Crippen molar-refractivity contribution in [3.8, 4) is 0 Å². The number of carboxylic acids is 1. The van der Waals surface area contributed by atoms with Gasteiger partial charge in [0.1, 0.15) is 0 Å². The second kappa shape index (κ2) is 4.41. The first kappa shape index (κ1) is 13.0. The van der Waals surface area contributed by atoms with Crippen molar-refractivity contribution in [2.24, 2.45) is 0 Å². The van der Waals surface area contributed by atoms with Gasteiger partial charge in [0.25, 0.3) is 0 Å². The Balaban J connectivity index is 3.06. The van der Waals surface area contributed by atoms with E-state index in [-0.39, 0.29) is 11.2 Å². The van der Waals surface area contributed by atoms with Crippen LogP contribution in [0.15, 0.2) is 0 Å². The van der Waals surface area contributed by atoms with Gasteiger partial charge in [-0.05, 0) is 27.2 Å². The average molecular weight is 242 g/mol. The highest BCUT2D eigenvalue weighted by atomic mass is 32.1. The van der Waals surface area contributed by atoms with Gasteiger partial charge in [0.05, 0.1) is 0 Å². The van der Waals surface area contributed by atoms with E-state index in [0.29, 0.717) is 0 Å². The number of hydrogen-bond acceptors (Lipinski definition) is 4. The molecule has 5 heteroatoms. The first-order chi connectivity index (χ1) is 7.29. The number of rotatable bonds is 4. The second-order valence-corrected chi connectivity index (χ2v) is 5.61. The molecule has 0 amide bonds. The number of carboxylic acid groups (broad SMARTS) is 1. The predicted octanol–water partition coefficient (Wildman–Crippen LogP) is 2.77. The molecule has 0 bridgehead atoms. The standard InChI is InChI=1S/C11H18N2O2S/c1-6-11(3,4)13(5)10-12-8(9(14)15)7(2)16-10/h6H2,1-5H3,(H,14,15). The third kappa shape index (κ3) is 2.35.